The van der Waals surface area contributed by atoms with Gasteiger partial charge in [-0.3, -0.25) is 33.6 Å². The number of phenols is 3. The number of nitrogens with one attached hydrogen (secondary N) is 6. The van der Waals surface area contributed by atoms with Crippen molar-refractivity contribution in [2.24, 2.45) is 17.4 Å². The Balaban J connectivity index is 1.25. The summed E-state index contributed by atoms with van der Waals surface area (Å²) in [6.45, 7) is 5.67. The van der Waals surface area contributed by atoms with Gasteiger partial charge in [0.15, 0.2) is 29.9 Å². The van der Waals surface area contributed by atoms with E-state index in [1.807, 2.05) is 13.8 Å². The average Bonchev–Trinajstić information content (AvgIpc) is 0.765. The van der Waals surface area contributed by atoms with Crippen molar-refractivity contribution < 1.29 is 118 Å². The lowest BCUT2D eigenvalue weighted by Crippen LogP contribution is -2.64. The van der Waals surface area contributed by atoms with Crippen LogP contribution in [0.4, 0.5) is 0 Å². The number of benzene rings is 5. The Morgan fingerprint density at radius 1 is 0.745 bits per heavy atom. The first kappa shape index (κ1) is 75.5. The third-order valence-electron chi connectivity index (χ3n) is 18.2. The molecule has 7 aliphatic heterocycles. The van der Waals surface area contributed by atoms with Crippen LogP contribution >= 0.6 is 23.2 Å². The number of amides is 7. The molecule has 0 spiro atoms. The topological polar surface area (TPSA) is 522 Å². The summed E-state index contributed by atoms with van der Waals surface area (Å²) in [5.74, 6) is -15.8. The fourth-order valence-corrected chi connectivity index (χ4v) is 13.3. The summed E-state index contributed by atoms with van der Waals surface area (Å²) in [6, 6.07) is -0.464. The molecule has 7 amide bonds. The van der Waals surface area contributed by atoms with Gasteiger partial charge in [0.2, 0.25) is 53.4 Å². The lowest BCUT2D eigenvalue weighted by molar-refractivity contribution is -0.333. The number of carboxylic acids is 1. The maximum Gasteiger partial charge on any atom is 0.330 e. The van der Waals surface area contributed by atoms with Crippen LogP contribution in [0.3, 0.4) is 0 Å². The highest BCUT2D eigenvalue weighted by Crippen LogP contribution is 2.50. The molecule has 33 nitrogen and oxygen atoms in total. The van der Waals surface area contributed by atoms with Crippen LogP contribution in [0.1, 0.15) is 105 Å². The molecule has 2 saturated heterocycles. The quantitative estimate of drug-likeness (QED) is 0.0761. The van der Waals surface area contributed by atoms with Gasteiger partial charge in [0.05, 0.1) is 41.3 Å². The number of carboxylic acid groups (broad SMARTS) is 1. The summed E-state index contributed by atoms with van der Waals surface area (Å²) < 4.78 is 38.4. The molecule has 11 bridgehead atoms. The Labute approximate surface area is 590 Å². The first-order valence-electron chi connectivity index (χ1n) is 32.0. The van der Waals surface area contributed by atoms with Crippen LogP contribution in [0.15, 0.2) is 78.9 Å². The maximum absolute atomic E-state index is 16.1. The van der Waals surface area contributed by atoms with Crippen molar-refractivity contribution >= 4 is 70.5 Å². The Hall–Kier alpha value is -9.20. The highest BCUT2D eigenvalue weighted by Gasteiger charge is 2.52. The van der Waals surface area contributed by atoms with Crippen molar-refractivity contribution in [1.29, 1.82) is 0 Å². The second-order valence-corrected chi connectivity index (χ2v) is 26.9. The van der Waals surface area contributed by atoms with Crippen molar-refractivity contribution in [3.05, 3.63) is 117 Å². The summed E-state index contributed by atoms with van der Waals surface area (Å²) in [5, 5.41) is 129. The maximum atomic E-state index is 16.1. The third kappa shape index (κ3) is 15.6. The number of nitrogens with two attached hydrogens (primary N) is 2. The molecule has 12 rings (SSSR count). The molecule has 548 valence electrons. The highest BCUT2D eigenvalue weighted by atomic mass is 35.5. The number of aliphatic hydroxyl groups excluding tert-OH is 6. The molecular formula is C67H77Cl2N9O24. The summed E-state index contributed by atoms with van der Waals surface area (Å²) in [6.07, 6.45) is -18.5. The van der Waals surface area contributed by atoms with Crippen LogP contribution in [0.25, 0.3) is 11.1 Å². The number of hydrogen-bond acceptors (Lipinski definition) is 25. The zero-order valence-electron chi connectivity index (χ0n) is 55.3. The largest absolute Gasteiger partial charge is 0.508 e. The fraction of sp³-hybridized carbons (Fsp3) is 0.433. The minimum absolute atomic E-state index is 0.0979. The number of rotatable bonds is 13. The van der Waals surface area contributed by atoms with Crippen molar-refractivity contribution in [3.63, 3.8) is 0 Å². The summed E-state index contributed by atoms with van der Waals surface area (Å²) in [7, 11) is 2.47. The lowest BCUT2D eigenvalue weighted by atomic mass is 9.86. The molecule has 9 unspecified atom stereocenters. The number of aliphatic carboxylic acids is 1. The molecule has 20 N–H and O–H groups in total. The Bertz CT molecular complexity index is 4110. The molecule has 0 radical (unpaired) electrons. The van der Waals surface area contributed by atoms with Crippen LogP contribution in [0.5, 0.6) is 46.0 Å². The van der Waals surface area contributed by atoms with Gasteiger partial charge in [0, 0.05) is 41.8 Å². The van der Waals surface area contributed by atoms with E-state index >= 15 is 19.2 Å². The normalized spacial score (nSPS) is 29.4. The number of aromatic hydroxyl groups is 3. The number of hydrogen-bond donors (Lipinski definition) is 18. The SMILES string of the molecule is CN[C@H](CC(C)C)C(=O)N[C@H]1C(=O)N[C@@H](CC(N)=O)C(=O)N[C@H]2C(=O)N[C@H]3C(=O)N(C)[C@H](C(=O)N[C@H](C(=O)O)c4cc(O)cc(O)c4-c4cc3ccc4O)[C@H](O)c3ccc(c(Cl)c3)Oc3cc2cc(c3OC2OC(CO)C(O)C(O)C2OC2CC(C)(N)C(O)C(C)O2)Oc2ccc(cc2Cl)[C@H]1O. The molecule has 0 aromatic heterocycles. The Kier molecular flexibility index (Phi) is 22.5. The van der Waals surface area contributed by atoms with Gasteiger partial charge >= 0.3 is 5.97 Å². The van der Waals surface area contributed by atoms with E-state index in [1.165, 1.54) is 33.0 Å². The van der Waals surface area contributed by atoms with Gasteiger partial charge in [-0.25, -0.2) is 4.79 Å². The van der Waals surface area contributed by atoms with E-state index in [1.54, 1.807) is 0 Å². The van der Waals surface area contributed by atoms with Crippen LogP contribution in [0.2, 0.25) is 10.0 Å². The van der Waals surface area contributed by atoms with Crippen molar-refractivity contribution in [2.45, 2.75) is 156 Å². The Morgan fingerprint density at radius 3 is 1.94 bits per heavy atom. The molecule has 5 aromatic carbocycles. The molecule has 18 atom stereocenters. The number of aliphatic hydroxyl groups is 6. The number of halogens is 2. The molecule has 0 aliphatic carbocycles. The Morgan fingerprint density at radius 2 is 1.36 bits per heavy atom. The lowest BCUT2D eigenvalue weighted by Gasteiger charge is -2.47. The van der Waals surface area contributed by atoms with Gasteiger partial charge in [0.25, 0.3) is 0 Å². The number of likely N-dealkylation sites (N-methyl/N-ethyl adjacent to an activating group) is 2. The van der Waals surface area contributed by atoms with E-state index in [2.05, 4.69) is 31.9 Å². The molecule has 7 aliphatic rings. The number of fused-ring (bicyclic) bond motifs is 15. The highest BCUT2D eigenvalue weighted by molar-refractivity contribution is 6.32. The molecular weight excluding hydrogens is 1390 g/mol. The van der Waals surface area contributed by atoms with Gasteiger partial charge < -0.3 is 128 Å². The van der Waals surface area contributed by atoms with Crippen LogP contribution < -0.4 is 57.6 Å². The van der Waals surface area contributed by atoms with Crippen LogP contribution in [-0.4, -0.2) is 203 Å². The molecule has 35 heteroatoms. The first-order valence-corrected chi connectivity index (χ1v) is 32.8. The van der Waals surface area contributed by atoms with E-state index in [9.17, 15) is 70.2 Å². The van der Waals surface area contributed by atoms with Crippen molar-refractivity contribution in [2.75, 3.05) is 20.7 Å². The van der Waals surface area contributed by atoms with E-state index in [0.29, 0.717) is 4.90 Å². The minimum atomic E-state index is -2.34. The van der Waals surface area contributed by atoms with Gasteiger partial charge in [-0.2, -0.15) is 0 Å². The monoisotopic (exact) mass is 1460 g/mol. The average molecular weight is 1460 g/mol. The molecule has 102 heavy (non-hydrogen) atoms. The summed E-state index contributed by atoms with van der Waals surface area (Å²) in [5.41, 5.74) is 8.09. The molecule has 0 saturated carbocycles. The number of carbonyl (C=O) groups is 8. The minimum Gasteiger partial charge on any atom is -0.508 e. The van der Waals surface area contributed by atoms with Gasteiger partial charge in [-0.15, -0.1) is 0 Å². The zero-order valence-corrected chi connectivity index (χ0v) is 56.8. The van der Waals surface area contributed by atoms with Gasteiger partial charge in [-0.05, 0) is 110 Å². The number of nitrogens with zero attached hydrogens (tertiary/aromatic N) is 1. The first-order chi connectivity index (χ1) is 48.1. The van der Waals surface area contributed by atoms with E-state index in [0.717, 1.165) is 73.8 Å². The van der Waals surface area contributed by atoms with E-state index in [-0.39, 0.29) is 46.2 Å². The van der Waals surface area contributed by atoms with Crippen LogP contribution in [0, 0.1) is 5.92 Å². The molecule has 2 fully saturated rings. The standard InChI is InChI=1S/C67H77Cl2N9O24/c1-24(2)13-35(72-5)59(89)77-50-52(84)27-8-11-39(33(68)15-27)98-41-17-29-18-42(56(41)102-66-57(55(87)54(86)43(23-79)100-66)101-45-22-67(4,71)58(88)25(3)97-45)99-40-12-9-28(16-34(40)69)53(85)51-63(93)76-49(65(95)96)32-19-30(80)20-38(82)46(32)31-14-26(7-10-37(31)81)48(64(94)78(51)6)75-61(91)47(29)74-60(90)36(21-44(70)83)73-62(50)92/h7-12,14-20,24-25,35-36,43,45,47-55,57-58,66,72,79-82,84-88H,13,21-23,71H2,1-6H3,(H2,70,83)(H,73,92)(H,74,90)(H,75,91)(H,76,93)(H,77,89)(H,95,96)/t25?,35-,36+,43?,45?,47-,48-,49+,50-,51+,52-,53-,54?,55?,57?,58?,66?,67?/m1/s1. The number of primary amides is 1. The van der Waals surface area contributed by atoms with Crippen molar-refractivity contribution in [3.8, 4) is 57.1 Å². The predicted octanol–water partition coefficient (Wildman–Crippen LogP) is 0.448. The van der Waals surface area contributed by atoms with Gasteiger partial charge in [0.1, 0.15) is 89.5 Å². The number of phenolic OH excluding ortho intramolecular Hbond substituents is 3. The van der Waals surface area contributed by atoms with Gasteiger partial charge in [-0.1, -0.05) is 55.2 Å². The molecule has 5 aromatic rings. The number of ether oxygens (including phenoxy) is 6. The zero-order chi connectivity index (χ0) is 74.4. The third-order valence-corrected chi connectivity index (χ3v) is 18.8. The van der Waals surface area contributed by atoms with E-state index < -0.39 is 237 Å². The summed E-state index contributed by atoms with van der Waals surface area (Å²) >= 11 is 14.2. The number of carbonyl (C=O) groups excluding carboxylic acids is 7. The van der Waals surface area contributed by atoms with E-state index in [4.69, 9.17) is 63.1 Å². The molecule has 7 heterocycles. The van der Waals surface area contributed by atoms with Crippen molar-refractivity contribution in [1.82, 2.24) is 36.8 Å². The predicted molar refractivity (Wildman–Crippen MR) is 354 cm³/mol. The smallest absolute Gasteiger partial charge is 0.330 e. The second kappa shape index (κ2) is 30.4. The van der Waals surface area contributed by atoms with Crippen LogP contribution in [-0.2, 0) is 52.6 Å². The summed E-state index contributed by atoms with van der Waals surface area (Å²) in [4.78, 5) is 118. The fourth-order valence-electron chi connectivity index (χ4n) is 12.8. The second-order valence-electron chi connectivity index (χ2n) is 26.1.